The number of carbonyl (C=O) groups is 1. The van der Waals surface area contributed by atoms with Gasteiger partial charge in [-0.25, -0.2) is 9.59 Å². The van der Waals surface area contributed by atoms with Gasteiger partial charge in [0.05, 0.1) is 18.9 Å². The summed E-state index contributed by atoms with van der Waals surface area (Å²) in [5.74, 6) is 0. The molecule has 1 N–H and O–H groups in total. The largest absolute Gasteiger partial charge is 0.450 e. The maximum Gasteiger partial charge on any atom is 0.410 e. The molecule has 0 radical (unpaired) electrons. The van der Waals surface area contributed by atoms with Crippen LogP contribution >= 0.6 is 0 Å². The first kappa shape index (κ1) is 17.6. The number of likely N-dealkylation sites (tertiary alicyclic amines) is 1. The van der Waals surface area contributed by atoms with Crippen LogP contribution in [0.25, 0.3) is 11.1 Å². The molecule has 0 aliphatic carbocycles. The number of hydrogen-bond donors (Lipinski definition) is 1. The van der Waals surface area contributed by atoms with E-state index in [9.17, 15) is 14.4 Å². The van der Waals surface area contributed by atoms with Gasteiger partial charge in [0.25, 0.3) is 5.56 Å². The van der Waals surface area contributed by atoms with E-state index >= 15 is 0 Å². The number of fused-ring (bicyclic) bond motifs is 1. The van der Waals surface area contributed by atoms with Crippen molar-refractivity contribution in [1.29, 1.82) is 0 Å². The van der Waals surface area contributed by atoms with Crippen molar-refractivity contribution in [2.45, 2.75) is 26.7 Å². The Kier molecular flexibility index (Phi) is 5.01. The highest BCUT2D eigenvalue weighted by Crippen LogP contribution is 2.14. The summed E-state index contributed by atoms with van der Waals surface area (Å²) in [5, 5.41) is 4.12. The molecule has 0 unspecified atom stereocenters. The molecule has 3 heterocycles. The summed E-state index contributed by atoms with van der Waals surface area (Å²) in [6.45, 7) is 4.59. The average molecular weight is 362 g/mol. The van der Waals surface area contributed by atoms with E-state index in [1.807, 2.05) is 6.92 Å². The monoisotopic (exact) mass is 362 g/mol. The first-order valence-corrected chi connectivity index (χ1v) is 8.23. The normalized spacial score (nSPS) is 15.6. The molecule has 10 heteroatoms. The van der Waals surface area contributed by atoms with Crippen molar-refractivity contribution in [3.63, 3.8) is 0 Å². The van der Waals surface area contributed by atoms with Gasteiger partial charge in [0.2, 0.25) is 5.71 Å². The van der Waals surface area contributed by atoms with Crippen LogP contribution in [0.2, 0.25) is 0 Å². The van der Waals surface area contributed by atoms with E-state index in [0.29, 0.717) is 37.3 Å². The molecule has 0 bridgehead atoms. The third-order valence-electron chi connectivity index (χ3n) is 3.89. The average Bonchev–Trinajstić information content (AvgIpc) is 3.08. The molecular weight excluding hydrogens is 344 g/mol. The number of ether oxygens (including phenoxy) is 1. The second-order valence-electron chi connectivity index (χ2n) is 5.61. The predicted octanol–water partition coefficient (Wildman–Crippen LogP) is 1.04. The van der Waals surface area contributed by atoms with Crippen LogP contribution in [-0.2, 0) is 11.2 Å². The number of aryl methyl sites for hydroxylation is 1. The lowest BCUT2D eigenvalue weighted by molar-refractivity contribution is 0.117. The predicted molar refractivity (Wildman–Crippen MR) is 91.6 cm³/mol. The lowest BCUT2D eigenvalue weighted by Crippen LogP contribution is -2.29. The van der Waals surface area contributed by atoms with Gasteiger partial charge >= 0.3 is 17.7 Å². The van der Waals surface area contributed by atoms with Gasteiger partial charge in [-0.1, -0.05) is 12.1 Å². The smallest absolute Gasteiger partial charge is 0.410 e. The van der Waals surface area contributed by atoms with Crippen molar-refractivity contribution in [3.8, 4) is 6.01 Å². The third-order valence-corrected chi connectivity index (χ3v) is 3.89. The Hall–Kier alpha value is -3.17. The molecule has 2 aromatic rings. The number of oxime groups is 1. The van der Waals surface area contributed by atoms with E-state index in [1.165, 1.54) is 11.0 Å². The summed E-state index contributed by atoms with van der Waals surface area (Å²) in [5.41, 5.74) is -0.0304. The van der Waals surface area contributed by atoms with Crippen molar-refractivity contribution in [2.75, 3.05) is 19.7 Å². The minimum absolute atomic E-state index is 0.104. The molecular formula is C16H18N4O6. The fourth-order valence-corrected chi connectivity index (χ4v) is 2.65. The van der Waals surface area contributed by atoms with E-state index in [1.54, 1.807) is 6.92 Å². The van der Waals surface area contributed by atoms with Crippen LogP contribution < -0.4 is 16.0 Å². The molecule has 2 aromatic heterocycles. The van der Waals surface area contributed by atoms with Gasteiger partial charge in [0.1, 0.15) is 5.39 Å². The molecule has 0 atom stereocenters. The van der Waals surface area contributed by atoms with Crippen LogP contribution in [0.5, 0.6) is 6.01 Å². The van der Waals surface area contributed by atoms with Crippen LogP contribution in [0.4, 0.5) is 4.79 Å². The van der Waals surface area contributed by atoms with Gasteiger partial charge in [-0.3, -0.25) is 9.78 Å². The van der Waals surface area contributed by atoms with Gasteiger partial charge in [-0.05, 0) is 18.9 Å². The second kappa shape index (κ2) is 7.38. The molecule has 1 amide bonds. The highest BCUT2D eigenvalue weighted by atomic mass is 16.6. The quantitative estimate of drug-likeness (QED) is 0.805. The lowest BCUT2D eigenvalue weighted by Gasteiger charge is -2.13. The van der Waals surface area contributed by atoms with Crippen molar-refractivity contribution in [1.82, 2.24) is 14.9 Å². The Morgan fingerprint density at radius 2 is 2.23 bits per heavy atom. The number of nitrogens with one attached hydrogen (secondary N) is 1. The Labute approximate surface area is 147 Å². The Morgan fingerprint density at radius 3 is 2.96 bits per heavy atom. The topological polar surface area (TPSA) is 127 Å². The van der Waals surface area contributed by atoms with Crippen LogP contribution in [0.15, 0.2) is 25.2 Å². The Bertz CT molecular complexity index is 977. The molecule has 3 rings (SSSR count). The Morgan fingerprint density at radius 1 is 1.42 bits per heavy atom. The van der Waals surface area contributed by atoms with Crippen molar-refractivity contribution in [3.05, 3.63) is 32.4 Å². The number of H-pyrrole nitrogens is 1. The first-order chi connectivity index (χ1) is 12.5. The molecule has 138 valence electrons. The molecule has 1 aliphatic heterocycles. The van der Waals surface area contributed by atoms with E-state index in [2.05, 4.69) is 15.1 Å². The van der Waals surface area contributed by atoms with Crippen LogP contribution in [-0.4, -0.2) is 46.4 Å². The zero-order chi connectivity index (χ0) is 18.7. The number of aromatic amines is 1. The van der Waals surface area contributed by atoms with E-state index in [4.69, 9.17) is 14.0 Å². The van der Waals surface area contributed by atoms with E-state index < -0.39 is 17.3 Å². The van der Waals surface area contributed by atoms with Gasteiger partial charge in [-0.2, -0.15) is 4.98 Å². The van der Waals surface area contributed by atoms with Crippen molar-refractivity contribution in [2.24, 2.45) is 5.16 Å². The number of aromatic nitrogens is 2. The minimum atomic E-state index is -0.592. The SMILES string of the molecule is CCOC(=O)N1CC/C(=N/Oc2nc3oc(=O)cc(CC)c3c(=O)[nH]2)C1. The summed E-state index contributed by atoms with van der Waals surface area (Å²) < 4.78 is 9.91. The molecule has 26 heavy (non-hydrogen) atoms. The molecule has 10 nitrogen and oxygen atoms in total. The van der Waals surface area contributed by atoms with Gasteiger partial charge in [-0.15, -0.1) is 0 Å². The zero-order valence-electron chi connectivity index (χ0n) is 14.4. The molecule has 1 saturated heterocycles. The van der Waals surface area contributed by atoms with Gasteiger partial charge in [0.15, 0.2) is 0 Å². The van der Waals surface area contributed by atoms with E-state index in [-0.39, 0.29) is 23.7 Å². The van der Waals surface area contributed by atoms with Crippen LogP contribution in [0.1, 0.15) is 25.8 Å². The summed E-state index contributed by atoms with van der Waals surface area (Å²) in [6.07, 6.45) is 0.592. The third kappa shape index (κ3) is 3.58. The maximum absolute atomic E-state index is 12.2. The minimum Gasteiger partial charge on any atom is -0.450 e. The number of carbonyl (C=O) groups excluding carboxylic acids is 1. The standard InChI is InChI=1S/C16H18N4O6/c1-3-9-7-11(21)25-14-12(9)13(22)17-15(18-14)26-19-10-5-6-20(8-10)16(23)24-4-2/h7H,3-6,8H2,1-2H3,(H,17,18,22)/b19-10-. The van der Waals surface area contributed by atoms with Crippen LogP contribution in [0, 0.1) is 0 Å². The number of hydrogen-bond acceptors (Lipinski definition) is 8. The number of amides is 1. The molecule has 0 aromatic carbocycles. The number of nitrogens with zero attached hydrogens (tertiary/aromatic N) is 3. The maximum atomic E-state index is 12.2. The van der Waals surface area contributed by atoms with Crippen LogP contribution in [0.3, 0.4) is 0 Å². The molecule has 0 saturated carbocycles. The van der Waals surface area contributed by atoms with E-state index in [0.717, 1.165) is 0 Å². The van der Waals surface area contributed by atoms with Gasteiger partial charge in [0, 0.05) is 19.0 Å². The number of rotatable bonds is 4. The lowest BCUT2D eigenvalue weighted by atomic mass is 10.1. The summed E-state index contributed by atoms with van der Waals surface area (Å²) in [4.78, 5) is 48.6. The van der Waals surface area contributed by atoms with Crippen molar-refractivity contribution >= 4 is 22.9 Å². The molecule has 1 fully saturated rings. The summed E-state index contributed by atoms with van der Waals surface area (Å²) in [6, 6.07) is 1.07. The summed E-state index contributed by atoms with van der Waals surface area (Å²) in [7, 11) is 0. The fourth-order valence-electron chi connectivity index (χ4n) is 2.65. The second-order valence-corrected chi connectivity index (χ2v) is 5.61. The highest BCUT2D eigenvalue weighted by molar-refractivity contribution is 5.91. The first-order valence-electron chi connectivity index (χ1n) is 8.23. The highest BCUT2D eigenvalue weighted by Gasteiger charge is 2.24. The molecule has 1 aliphatic rings. The fraction of sp³-hybridized carbons (Fsp3) is 0.438. The summed E-state index contributed by atoms with van der Waals surface area (Å²) >= 11 is 0. The molecule has 0 spiro atoms. The zero-order valence-corrected chi connectivity index (χ0v) is 14.4. The Balaban J connectivity index is 1.81. The van der Waals surface area contributed by atoms with Gasteiger partial charge < -0.3 is 18.9 Å². The van der Waals surface area contributed by atoms with Crippen molar-refractivity contribution < 1.29 is 18.8 Å².